The Morgan fingerprint density at radius 1 is 1.00 bits per heavy atom. The lowest BCUT2D eigenvalue weighted by Crippen LogP contribution is -2.56. The predicted octanol–water partition coefficient (Wildman–Crippen LogP) is 5.54. The highest BCUT2D eigenvalue weighted by Crippen LogP contribution is 2.71. The van der Waals surface area contributed by atoms with E-state index in [1.165, 1.54) is 32.1 Å². The fourth-order valence-corrected chi connectivity index (χ4v) is 10.5. The maximum atomic E-state index is 13.2. The Morgan fingerprint density at radius 3 is 2.50 bits per heavy atom. The first-order valence-electron chi connectivity index (χ1n) is 14.1. The molecule has 34 heavy (non-hydrogen) atoms. The summed E-state index contributed by atoms with van der Waals surface area (Å²) >= 11 is 0. The molecule has 0 bridgehead atoms. The summed E-state index contributed by atoms with van der Waals surface area (Å²) in [6.45, 7) is 11.6. The number of carbonyl (C=O) groups is 2. The van der Waals surface area contributed by atoms with Gasteiger partial charge in [-0.3, -0.25) is 9.59 Å². The minimum absolute atomic E-state index is 0.119. The van der Waals surface area contributed by atoms with E-state index in [1.54, 1.807) is 6.92 Å². The molecule has 0 aromatic carbocycles. The molecule has 5 nitrogen and oxygen atoms in total. The number of hydrogen-bond donors (Lipinski definition) is 0. The van der Waals surface area contributed by atoms with Gasteiger partial charge in [-0.15, -0.1) is 0 Å². The van der Waals surface area contributed by atoms with Crippen LogP contribution in [0.4, 0.5) is 0 Å². The molecule has 0 amide bonds. The quantitative estimate of drug-likeness (QED) is 0.469. The van der Waals surface area contributed by atoms with Crippen LogP contribution in [-0.4, -0.2) is 36.4 Å². The fourth-order valence-electron chi connectivity index (χ4n) is 10.5. The van der Waals surface area contributed by atoms with Crippen LogP contribution in [0.25, 0.3) is 0 Å². The first-order valence-corrected chi connectivity index (χ1v) is 14.1. The number of carbonyl (C=O) groups excluding carboxylic acids is 2. The Hall–Kier alpha value is -0.940. The van der Waals surface area contributed by atoms with Crippen molar-refractivity contribution in [3.8, 4) is 0 Å². The molecule has 5 heteroatoms. The van der Waals surface area contributed by atoms with E-state index in [0.717, 1.165) is 31.1 Å². The van der Waals surface area contributed by atoms with Gasteiger partial charge in [-0.05, 0) is 97.7 Å². The molecule has 2 heterocycles. The summed E-state index contributed by atoms with van der Waals surface area (Å²) in [6, 6.07) is 0. The molecule has 0 N–H and O–H groups in total. The molecule has 0 aromatic heterocycles. The minimum Gasteiger partial charge on any atom is -0.463 e. The zero-order chi connectivity index (χ0) is 24.0. The Bertz CT molecular complexity index is 871. The molecule has 6 fully saturated rings. The van der Waals surface area contributed by atoms with Crippen molar-refractivity contribution in [2.24, 2.45) is 52.3 Å². The Balaban J connectivity index is 1.22. The van der Waals surface area contributed by atoms with Gasteiger partial charge in [0.1, 0.15) is 6.10 Å². The third kappa shape index (κ3) is 3.11. The Kier molecular flexibility index (Phi) is 5.37. The minimum atomic E-state index is -0.981. The summed E-state index contributed by atoms with van der Waals surface area (Å²) in [7, 11) is 0. The normalized spacial score (nSPS) is 56.4. The molecular weight excluding hydrogens is 428 g/mol. The fraction of sp³-hybridized carbons (Fsp3) is 0.931. The Morgan fingerprint density at radius 2 is 1.76 bits per heavy atom. The smallest absolute Gasteiger partial charge is 0.302 e. The van der Waals surface area contributed by atoms with Gasteiger partial charge in [-0.1, -0.05) is 27.7 Å². The number of hydrogen-bond acceptors (Lipinski definition) is 5. The molecule has 190 valence electrons. The zero-order valence-electron chi connectivity index (χ0n) is 21.8. The first kappa shape index (κ1) is 23.5. The molecule has 0 aromatic rings. The first-order chi connectivity index (χ1) is 16.1. The average Bonchev–Trinajstić information content (AvgIpc) is 3.22. The second kappa shape index (κ2) is 7.78. The van der Waals surface area contributed by atoms with Gasteiger partial charge in [0, 0.05) is 19.3 Å². The van der Waals surface area contributed by atoms with Gasteiger partial charge in [0.25, 0.3) is 0 Å². The summed E-state index contributed by atoms with van der Waals surface area (Å²) in [4.78, 5) is 24.7. The maximum Gasteiger partial charge on any atom is 0.302 e. The molecule has 1 spiro atoms. The van der Waals surface area contributed by atoms with Crippen molar-refractivity contribution >= 4 is 11.8 Å². The lowest BCUT2D eigenvalue weighted by atomic mass is 9.44. The van der Waals surface area contributed by atoms with Crippen molar-refractivity contribution in [2.45, 2.75) is 110 Å². The molecule has 0 radical (unpaired) electrons. The van der Waals surface area contributed by atoms with Crippen LogP contribution in [0.1, 0.15) is 92.4 Å². The molecule has 6 aliphatic rings. The maximum absolute atomic E-state index is 13.2. The summed E-state index contributed by atoms with van der Waals surface area (Å²) in [6.07, 6.45) is 10.3. The Labute approximate surface area is 205 Å². The topological polar surface area (TPSA) is 61.8 Å². The van der Waals surface area contributed by atoms with E-state index >= 15 is 0 Å². The number of Topliss-reactive ketones (excluding diaryl/α,β-unsaturated/α-hetero) is 1. The van der Waals surface area contributed by atoms with E-state index in [1.807, 2.05) is 0 Å². The van der Waals surface area contributed by atoms with Crippen molar-refractivity contribution < 1.29 is 23.8 Å². The van der Waals surface area contributed by atoms with Crippen molar-refractivity contribution in [1.29, 1.82) is 0 Å². The van der Waals surface area contributed by atoms with Crippen LogP contribution in [-0.2, 0) is 23.8 Å². The van der Waals surface area contributed by atoms with Crippen molar-refractivity contribution in [3.63, 3.8) is 0 Å². The standard InChI is InChI=1S/C29H44O5/c1-16-12-25(31)29(32-15-16)17(2)26-24(34-29)14-23-21-7-6-19-13-20(33-18(3)30)8-10-27(19,4)22(21)9-11-28(23,26)5/h16-17,19-24,26H,6-15H2,1-5H3/t16-,17-,19+,20-,21+,22-,23-,24-,26-,27-,28-,29+/m0/s1. The molecular formula is C29H44O5. The largest absolute Gasteiger partial charge is 0.463 e. The van der Waals surface area contributed by atoms with Crippen LogP contribution < -0.4 is 0 Å². The van der Waals surface area contributed by atoms with E-state index in [0.29, 0.717) is 42.1 Å². The SMILES string of the molecule is CC(=O)O[C@H]1CC[C@@]2(C)[C@H](CC[C@@H]3[C@@H]2CC[C@]2(C)[C@@H]4[C@H](C[C@@H]32)O[C@]2(OC[C@@H](C)CC2=O)[C@H]4C)C1. The lowest BCUT2D eigenvalue weighted by molar-refractivity contribution is -0.252. The van der Waals surface area contributed by atoms with Gasteiger partial charge in [-0.2, -0.15) is 0 Å². The highest BCUT2D eigenvalue weighted by atomic mass is 16.7. The number of ether oxygens (including phenoxy) is 3. The highest BCUT2D eigenvalue weighted by molar-refractivity contribution is 5.87. The van der Waals surface area contributed by atoms with Gasteiger partial charge < -0.3 is 14.2 Å². The van der Waals surface area contributed by atoms with Crippen LogP contribution in [0.2, 0.25) is 0 Å². The predicted molar refractivity (Wildman–Crippen MR) is 128 cm³/mol. The van der Waals surface area contributed by atoms with Gasteiger partial charge in [0.2, 0.25) is 5.79 Å². The van der Waals surface area contributed by atoms with Crippen LogP contribution in [0, 0.1) is 52.3 Å². The zero-order valence-corrected chi connectivity index (χ0v) is 21.8. The van der Waals surface area contributed by atoms with Crippen LogP contribution in [0.15, 0.2) is 0 Å². The highest BCUT2D eigenvalue weighted by Gasteiger charge is 2.70. The third-order valence-electron chi connectivity index (χ3n) is 12.0. The van der Waals surface area contributed by atoms with Gasteiger partial charge >= 0.3 is 5.97 Å². The summed E-state index contributed by atoms with van der Waals surface area (Å²) in [5.41, 5.74) is 0.602. The average molecular weight is 473 g/mol. The van der Waals surface area contributed by atoms with Crippen molar-refractivity contribution in [2.75, 3.05) is 6.61 Å². The van der Waals surface area contributed by atoms with E-state index in [-0.39, 0.29) is 35.3 Å². The molecule has 12 atom stereocenters. The number of fused-ring (bicyclic) bond motifs is 7. The van der Waals surface area contributed by atoms with Gasteiger partial charge in [-0.25, -0.2) is 0 Å². The van der Waals surface area contributed by atoms with E-state index in [9.17, 15) is 9.59 Å². The van der Waals surface area contributed by atoms with Gasteiger partial charge in [0.15, 0.2) is 5.78 Å². The van der Waals surface area contributed by atoms with E-state index in [2.05, 4.69) is 27.7 Å². The summed E-state index contributed by atoms with van der Waals surface area (Å²) in [5, 5.41) is 0. The van der Waals surface area contributed by atoms with E-state index in [4.69, 9.17) is 14.2 Å². The van der Waals surface area contributed by atoms with Crippen LogP contribution in [0.5, 0.6) is 0 Å². The second-order valence-electron chi connectivity index (χ2n) is 13.6. The summed E-state index contributed by atoms with van der Waals surface area (Å²) in [5.74, 6) is 2.79. The molecule has 2 saturated heterocycles. The van der Waals surface area contributed by atoms with Crippen LogP contribution in [0.3, 0.4) is 0 Å². The second-order valence-corrected chi connectivity index (χ2v) is 13.6. The number of esters is 1. The number of ketones is 1. The number of rotatable bonds is 1. The third-order valence-corrected chi connectivity index (χ3v) is 12.0. The van der Waals surface area contributed by atoms with Crippen molar-refractivity contribution in [1.82, 2.24) is 0 Å². The molecule has 6 rings (SSSR count). The van der Waals surface area contributed by atoms with Crippen LogP contribution >= 0.6 is 0 Å². The molecule has 2 aliphatic heterocycles. The molecule has 0 unspecified atom stereocenters. The molecule has 4 aliphatic carbocycles. The molecule has 4 saturated carbocycles. The lowest BCUT2D eigenvalue weighted by Gasteiger charge is -2.61. The van der Waals surface area contributed by atoms with Gasteiger partial charge in [0.05, 0.1) is 12.7 Å². The monoisotopic (exact) mass is 472 g/mol. The van der Waals surface area contributed by atoms with Crippen molar-refractivity contribution in [3.05, 3.63) is 0 Å². The summed E-state index contributed by atoms with van der Waals surface area (Å²) < 4.78 is 18.6. The van der Waals surface area contributed by atoms with E-state index < -0.39 is 5.79 Å².